The molecule has 5 nitrogen and oxygen atoms in total. The molecule has 6 heteroatoms. The fourth-order valence-corrected chi connectivity index (χ4v) is 2.44. The van der Waals surface area contributed by atoms with Crippen molar-refractivity contribution in [1.29, 1.82) is 0 Å². The fourth-order valence-electron chi connectivity index (χ4n) is 2.24. The number of halogens is 1. The van der Waals surface area contributed by atoms with Gasteiger partial charge in [0, 0.05) is 17.1 Å². The molecule has 1 aromatic carbocycles. The van der Waals surface area contributed by atoms with Crippen LogP contribution in [0, 0.1) is 0 Å². The molecular weight excluding hydrogens is 268 g/mol. The number of hydrogen-bond donors (Lipinski definition) is 2. The third-order valence-electron chi connectivity index (χ3n) is 3.31. The van der Waals surface area contributed by atoms with Crippen molar-refractivity contribution in [2.75, 3.05) is 4.90 Å². The van der Waals surface area contributed by atoms with E-state index in [1.807, 2.05) is 0 Å². The van der Waals surface area contributed by atoms with E-state index in [0.717, 1.165) is 5.56 Å². The number of carboxylic acids is 1. The number of aliphatic carboxylic acids is 1. The van der Waals surface area contributed by atoms with Crippen LogP contribution < -0.4 is 10.6 Å². The van der Waals surface area contributed by atoms with Gasteiger partial charge in [-0.2, -0.15) is 0 Å². The van der Waals surface area contributed by atoms with Gasteiger partial charge in [0.25, 0.3) is 0 Å². The lowest BCUT2D eigenvalue weighted by atomic mass is 10.1. The predicted molar refractivity (Wildman–Crippen MR) is 72.3 cm³/mol. The second kappa shape index (κ2) is 5.19. The van der Waals surface area contributed by atoms with E-state index in [0.29, 0.717) is 17.1 Å². The fraction of sp³-hybridized carbons (Fsp3) is 0.385. The van der Waals surface area contributed by atoms with Crippen molar-refractivity contribution in [2.45, 2.75) is 31.8 Å². The first-order chi connectivity index (χ1) is 8.95. The van der Waals surface area contributed by atoms with Crippen LogP contribution >= 0.6 is 11.6 Å². The van der Waals surface area contributed by atoms with Crippen molar-refractivity contribution in [1.82, 2.24) is 0 Å². The van der Waals surface area contributed by atoms with E-state index >= 15 is 0 Å². The summed E-state index contributed by atoms with van der Waals surface area (Å²) in [5.41, 5.74) is 7.08. The van der Waals surface area contributed by atoms with E-state index in [9.17, 15) is 14.7 Å². The maximum Gasteiger partial charge on any atom is 0.327 e. The molecule has 0 spiro atoms. The second-order valence-electron chi connectivity index (χ2n) is 4.55. The Morgan fingerprint density at radius 3 is 2.84 bits per heavy atom. The summed E-state index contributed by atoms with van der Waals surface area (Å²) in [6, 6.07) is 3.41. The summed E-state index contributed by atoms with van der Waals surface area (Å²) in [6.07, 6.45) is 0.720. The van der Waals surface area contributed by atoms with E-state index in [1.54, 1.807) is 25.1 Å². The van der Waals surface area contributed by atoms with Gasteiger partial charge in [0.2, 0.25) is 5.91 Å². The molecule has 2 rings (SSSR count). The number of rotatable bonds is 3. The zero-order chi connectivity index (χ0) is 14.2. The van der Waals surface area contributed by atoms with E-state index in [1.165, 1.54) is 4.90 Å². The zero-order valence-corrected chi connectivity index (χ0v) is 11.2. The monoisotopic (exact) mass is 282 g/mol. The molecule has 0 saturated carbocycles. The lowest BCUT2D eigenvalue weighted by Crippen LogP contribution is -2.49. The Kier molecular flexibility index (Phi) is 3.78. The van der Waals surface area contributed by atoms with Gasteiger partial charge in [0.05, 0.1) is 6.04 Å². The van der Waals surface area contributed by atoms with E-state index in [2.05, 4.69) is 0 Å². The van der Waals surface area contributed by atoms with Gasteiger partial charge in [-0.05, 0) is 30.2 Å². The average molecular weight is 283 g/mol. The van der Waals surface area contributed by atoms with Crippen LogP contribution in [0.15, 0.2) is 18.2 Å². The van der Waals surface area contributed by atoms with E-state index in [4.69, 9.17) is 17.3 Å². The molecule has 0 unspecified atom stereocenters. The summed E-state index contributed by atoms with van der Waals surface area (Å²) in [4.78, 5) is 24.8. The quantitative estimate of drug-likeness (QED) is 0.878. The highest BCUT2D eigenvalue weighted by Gasteiger charge is 2.39. The third-order valence-corrected chi connectivity index (χ3v) is 3.54. The van der Waals surface area contributed by atoms with Crippen molar-refractivity contribution < 1.29 is 14.7 Å². The normalized spacial score (nSPS) is 19.1. The van der Waals surface area contributed by atoms with Gasteiger partial charge in [-0.3, -0.25) is 9.69 Å². The van der Waals surface area contributed by atoms with Crippen LogP contribution in [0.25, 0.3) is 0 Å². The molecule has 19 heavy (non-hydrogen) atoms. The van der Waals surface area contributed by atoms with Crippen LogP contribution in [-0.2, 0) is 16.0 Å². The second-order valence-corrected chi connectivity index (χ2v) is 4.99. The van der Waals surface area contributed by atoms with Gasteiger partial charge in [0.1, 0.15) is 6.04 Å². The SMILES string of the molecule is CC[C@H](N)C(=O)N1c2ccc(Cl)cc2C[C@H]1C(=O)O. The summed E-state index contributed by atoms with van der Waals surface area (Å²) in [7, 11) is 0. The van der Waals surface area contributed by atoms with Crippen LogP contribution in [0.2, 0.25) is 5.02 Å². The highest BCUT2D eigenvalue weighted by molar-refractivity contribution is 6.30. The Bertz CT molecular complexity index is 533. The van der Waals surface area contributed by atoms with Crippen molar-refractivity contribution in [3.63, 3.8) is 0 Å². The first-order valence-electron chi connectivity index (χ1n) is 6.05. The molecule has 0 bridgehead atoms. The molecule has 1 aliphatic rings. The van der Waals surface area contributed by atoms with Gasteiger partial charge in [-0.25, -0.2) is 4.79 Å². The number of hydrogen-bond acceptors (Lipinski definition) is 3. The minimum atomic E-state index is -1.04. The van der Waals surface area contributed by atoms with Crippen LogP contribution in [0.1, 0.15) is 18.9 Å². The maximum atomic E-state index is 12.2. The molecule has 0 saturated heterocycles. The molecule has 0 radical (unpaired) electrons. The largest absolute Gasteiger partial charge is 0.480 e. The minimum absolute atomic E-state index is 0.257. The summed E-state index contributed by atoms with van der Waals surface area (Å²) in [5.74, 6) is -1.40. The molecule has 102 valence electrons. The summed E-state index contributed by atoms with van der Waals surface area (Å²) < 4.78 is 0. The van der Waals surface area contributed by atoms with E-state index in [-0.39, 0.29) is 12.3 Å². The molecule has 1 aliphatic heterocycles. The van der Waals surface area contributed by atoms with Crippen molar-refractivity contribution >= 4 is 29.2 Å². The number of nitrogens with two attached hydrogens (primary N) is 1. The first kappa shape index (κ1) is 13.8. The number of fused-ring (bicyclic) bond motifs is 1. The van der Waals surface area contributed by atoms with E-state index < -0.39 is 18.1 Å². The average Bonchev–Trinajstić information content (AvgIpc) is 2.75. The number of carbonyl (C=O) groups is 2. The number of amides is 1. The summed E-state index contributed by atoms with van der Waals surface area (Å²) in [5, 5.41) is 9.79. The van der Waals surface area contributed by atoms with Gasteiger partial charge < -0.3 is 10.8 Å². The molecule has 1 aromatic rings. The standard InChI is InChI=1S/C13H15ClN2O3/c1-2-9(15)12(17)16-10-4-3-8(14)5-7(10)6-11(16)13(18)19/h3-5,9,11H,2,6,15H2,1H3,(H,18,19)/t9-,11-/m0/s1. The molecule has 2 atom stereocenters. The molecule has 1 amide bonds. The Balaban J connectivity index is 2.43. The Morgan fingerprint density at radius 2 is 2.26 bits per heavy atom. The van der Waals surface area contributed by atoms with Gasteiger partial charge in [-0.15, -0.1) is 0 Å². The molecule has 1 heterocycles. The van der Waals surface area contributed by atoms with Crippen LogP contribution in [0.3, 0.4) is 0 Å². The van der Waals surface area contributed by atoms with Gasteiger partial charge in [0.15, 0.2) is 0 Å². The number of carbonyl (C=O) groups excluding carboxylic acids is 1. The lowest BCUT2D eigenvalue weighted by molar-refractivity contribution is -0.140. The summed E-state index contributed by atoms with van der Waals surface area (Å²) >= 11 is 5.89. The molecule has 0 aromatic heterocycles. The van der Waals surface area contributed by atoms with Crippen molar-refractivity contribution in [2.24, 2.45) is 5.73 Å². The number of carboxylic acid groups (broad SMARTS) is 1. The predicted octanol–water partition coefficient (Wildman–Crippen LogP) is 1.42. The van der Waals surface area contributed by atoms with Crippen LogP contribution in [0.4, 0.5) is 5.69 Å². The van der Waals surface area contributed by atoms with Crippen LogP contribution in [-0.4, -0.2) is 29.1 Å². The molecule has 0 aliphatic carbocycles. The molecule has 3 N–H and O–H groups in total. The minimum Gasteiger partial charge on any atom is -0.480 e. The van der Waals surface area contributed by atoms with Crippen molar-refractivity contribution in [3.8, 4) is 0 Å². The van der Waals surface area contributed by atoms with Crippen molar-refractivity contribution in [3.05, 3.63) is 28.8 Å². The number of anilines is 1. The van der Waals surface area contributed by atoms with Gasteiger partial charge in [-0.1, -0.05) is 18.5 Å². The highest BCUT2D eigenvalue weighted by atomic mass is 35.5. The van der Waals surface area contributed by atoms with Gasteiger partial charge >= 0.3 is 5.97 Å². The molecular formula is C13H15ClN2O3. The first-order valence-corrected chi connectivity index (χ1v) is 6.43. The highest BCUT2D eigenvalue weighted by Crippen LogP contribution is 2.34. The molecule has 0 fully saturated rings. The van der Waals surface area contributed by atoms with Crippen LogP contribution in [0.5, 0.6) is 0 Å². The Hall–Kier alpha value is -1.59. The Morgan fingerprint density at radius 1 is 1.58 bits per heavy atom. The maximum absolute atomic E-state index is 12.2. The topological polar surface area (TPSA) is 83.6 Å². The summed E-state index contributed by atoms with van der Waals surface area (Å²) in [6.45, 7) is 1.79. The smallest absolute Gasteiger partial charge is 0.327 e. The number of nitrogens with zero attached hydrogens (tertiary/aromatic N) is 1. The zero-order valence-electron chi connectivity index (χ0n) is 10.5. The Labute approximate surface area is 116 Å². The third kappa shape index (κ3) is 2.43. The number of benzene rings is 1. The lowest BCUT2D eigenvalue weighted by Gasteiger charge is -2.25.